The van der Waals surface area contributed by atoms with E-state index in [0.29, 0.717) is 22.2 Å². The van der Waals surface area contributed by atoms with E-state index in [9.17, 15) is 14.0 Å². The van der Waals surface area contributed by atoms with Crippen molar-refractivity contribution in [1.82, 2.24) is 9.55 Å². The highest BCUT2D eigenvalue weighted by atomic mass is 32.2. The molecule has 0 unspecified atom stereocenters. The summed E-state index contributed by atoms with van der Waals surface area (Å²) in [4.78, 5) is 30.0. The van der Waals surface area contributed by atoms with E-state index in [4.69, 9.17) is 4.74 Å². The molecule has 0 amide bonds. The number of thioether (sulfide) groups is 2. The Hall–Kier alpha value is -1.80. The van der Waals surface area contributed by atoms with E-state index in [1.54, 1.807) is 6.92 Å². The normalized spacial score (nSPS) is 17.2. The zero-order chi connectivity index (χ0) is 18.1. The number of rotatable bonds is 4. The van der Waals surface area contributed by atoms with Gasteiger partial charge in [-0.25, -0.2) is 9.37 Å². The van der Waals surface area contributed by atoms with Gasteiger partial charge in [0.15, 0.2) is 5.16 Å². The van der Waals surface area contributed by atoms with E-state index >= 15 is 0 Å². The number of esters is 1. The van der Waals surface area contributed by atoms with Crippen LogP contribution in [0.15, 0.2) is 39.1 Å². The van der Waals surface area contributed by atoms with Crippen molar-refractivity contribution in [2.45, 2.75) is 40.8 Å². The summed E-state index contributed by atoms with van der Waals surface area (Å²) >= 11 is 2.65. The van der Waals surface area contributed by atoms with Crippen LogP contribution >= 0.6 is 23.5 Å². The molecule has 132 valence electrons. The average molecular weight is 380 g/mol. The lowest BCUT2D eigenvalue weighted by Crippen LogP contribution is -2.25. The monoisotopic (exact) mass is 380 g/mol. The standard InChI is InChI=1S/C17H17FN2O3S2/c1-9-8-13-14(24-9)15(21)20(12-6-4-11(18)5-7-12)17(19-13)25-10(2)16(22)23-3/h4-7,9-10H,8H2,1-3H3/t9-,10-/m1/s1. The molecule has 0 spiro atoms. The van der Waals surface area contributed by atoms with Gasteiger partial charge in [0.05, 0.1) is 23.4 Å². The van der Waals surface area contributed by atoms with Crippen LogP contribution in [-0.4, -0.2) is 33.1 Å². The summed E-state index contributed by atoms with van der Waals surface area (Å²) in [5, 5.41) is 0.159. The molecule has 0 N–H and O–H groups in total. The average Bonchev–Trinajstić information content (AvgIpc) is 2.96. The van der Waals surface area contributed by atoms with Gasteiger partial charge in [0.25, 0.3) is 5.56 Å². The number of hydrogen-bond donors (Lipinski definition) is 0. The maximum Gasteiger partial charge on any atom is 0.318 e. The fraction of sp³-hybridized carbons (Fsp3) is 0.353. The summed E-state index contributed by atoms with van der Waals surface area (Å²) in [6.07, 6.45) is 0.708. The second kappa shape index (κ2) is 7.21. The second-order valence-electron chi connectivity index (χ2n) is 5.70. The predicted octanol–water partition coefficient (Wildman–Crippen LogP) is 3.06. The van der Waals surface area contributed by atoms with E-state index in [-0.39, 0.29) is 16.6 Å². The number of aromatic nitrogens is 2. The molecule has 1 aromatic carbocycles. The van der Waals surface area contributed by atoms with Gasteiger partial charge in [0, 0.05) is 11.7 Å². The first-order valence-electron chi connectivity index (χ1n) is 7.73. The fourth-order valence-electron chi connectivity index (χ4n) is 2.57. The fourth-order valence-corrected chi connectivity index (χ4v) is 4.64. The summed E-state index contributed by atoms with van der Waals surface area (Å²) in [5.74, 6) is -0.779. The molecule has 0 fully saturated rings. The third-order valence-electron chi connectivity index (χ3n) is 3.78. The van der Waals surface area contributed by atoms with Crippen molar-refractivity contribution in [3.8, 4) is 5.69 Å². The van der Waals surface area contributed by atoms with E-state index < -0.39 is 11.2 Å². The number of ether oxygens (including phenoxy) is 1. The zero-order valence-electron chi connectivity index (χ0n) is 14.0. The highest BCUT2D eigenvalue weighted by molar-refractivity contribution is 8.00. The van der Waals surface area contributed by atoms with Crippen LogP contribution in [0.4, 0.5) is 4.39 Å². The van der Waals surface area contributed by atoms with Crippen molar-refractivity contribution < 1.29 is 13.9 Å². The lowest BCUT2D eigenvalue weighted by Gasteiger charge is -2.15. The third kappa shape index (κ3) is 3.59. The summed E-state index contributed by atoms with van der Waals surface area (Å²) in [6, 6.07) is 5.65. The Bertz CT molecular complexity index is 867. The first-order valence-corrected chi connectivity index (χ1v) is 9.49. The Morgan fingerprint density at radius 3 is 2.76 bits per heavy atom. The van der Waals surface area contributed by atoms with Gasteiger partial charge in [0.2, 0.25) is 0 Å². The molecular weight excluding hydrogens is 363 g/mol. The Kier molecular flexibility index (Phi) is 5.19. The number of fused-ring (bicyclic) bond motifs is 1. The zero-order valence-corrected chi connectivity index (χ0v) is 15.6. The Labute approximate surface area is 153 Å². The number of halogens is 1. The van der Waals surface area contributed by atoms with E-state index in [1.807, 2.05) is 6.92 Å². The lowest BCUT2D eigenvalue weighted by molar-refractivity contribution is -0.139. The molecule has 1 aliphatic heterocycles. The van der Waals surface area contributed by atoms with Crippen LogP contribution in [0.5, 0.6) is 0 Å². The molecule has 2 atom stereocenters. The quantitative estimate of drug-likeness (QED) is 0.462. The van der Waals surface area contributed by atoms with Crippen molar-refractivity contribution in [3.05, 3.63) is 46.1 Å². The molecule has 0 saturated carbocycles. The van der Waals surface area contributed by atoms with Crippen LogP contribution in [0.1, 0.15) is 19.5 Å². The second-order valence-corrected chi connectivity index (χ2v) is 8.46. The van der Waals surface area contributed by atoms with Gasteiger partial charge in [0.1, 0.15) is 11.1 Å². The molecule has 3 rings (SSSR count). The number of carbonyl (C=O) groups excluding carboxylic acids is 1. The van der Waals surface area contributed by atoms with E-state index in [0.717, 1.165) is 17.5 Å². The molecule has 0 radical (unpaired) electrons. The van der Waals surface area contributed by atoms with Crippen LogP contribution in [0, 0.1) is 5.82 Å². The van der Waals surface area contributed by atoms with Gasteiger partial charge < -0.3 is 4.74 Å². The number of carbonyl (C=O) groups is 1. The first kappa shape index (κ1) is 18.0. The van der Waals surface area contributed by atoms with Crippen molar-refractivity contribution in [1.29, 1.82) is 0 Å². The number of nitrogens with zero attached hydrogens (tertiary/aromatic N) is 2. The van der Waals surface area contributed by atoms with Gasteiger partial charge in [-0.15, -0.1) is 11.8 Å². The predicted molar refractivity (Wildman–Crippen MR) is 96.2 cm³/mol. The third-order valence-corrected chi connectivity index (χ3v) is 6.03. The lowest BCUT2D eigenvalue weighted by atomic mass is 10.2. The summed E-state index contributed by atoms with van der Waals surface area (Å²) in [5.41, 5.74) is 1.08. The van der Waals surface area contributed by atoms with Crippen molar-refractivity contribution in [2.24, 2.45) is 0 Å². The SMILES string of the molecule is COC(=O)[C@@H](C)Sc1nc2c(c(=O)n1-c1ccc(F)cc1)S[C@H](C)C2. The van der Waals surface area contributed by atoms with Crippen molar-refractivity contribution in [2.75, 3.05) is 7.11 Å². The Morgan fingerprint density at radius 1 is 1.44 bits per heavy atom. The molecule has 5 nitrogen and oxygen atoms in total. The smallest absolute Gasteiger partial charge is 0.318 e. The molecule has 0 bridgehead atoms. The minimum atomic E-state index is -0.520. The molecule has 8 heteroatoms. The van der Waals surface area contributed by atoms with Crippen molar-refractivity contribution >= 4 is 29.5 Å². The van der Waals surface area contributed by atoms with Gasteiger partial charge >= 0.3 is 5.97 Å². The molecular formula is C17H17FN2O3S2. The number of hydrogen-bond acceptors (Lipinski definition) is 6. The van der Waals surface area contributed by atoms with Crippen LogP contribution in [0.25, 0.3) is 5.69 Å². The van der Waals surface area contributed by atoms with Gasteiger partial charge in [-0.1, -0.05) is 18.7 Å². The summed E-state index contributed by atoms with van der Waals surface area (Å²) in [6.45, 7) is 3.74. The van der Waals surface area contributed by atoms with Crippen LogP contribution in [0.3, 0.4) is 0 Å². The van der Waals surface area contributed by atoms with E-state index in [2.05, 4.69) is 4.98 Å². The molecule has 1 aliphatic rings. The van der Waals surface area contributed by atoms with Crippen LogP contribution in [0.2, 0.25) is 0 Å². The van der Waals surface area contributed by atoms with Crippen molar-refractivity contribution in [3.63, 3.8) is 0 Å². The van der Waals surface area contributed by atoms with E-state index in [1.165, 1.54) is 47.7 Å². The Morgan fingerprint density at radius 2 is 2.12 bits per heavy atom. The minimum absolute atomic E-state index is 0.189. The first-order chi connectivity index (χ1) is 11.9. The van der Waals surface area contributed by atoms with Crippen LogP contribution in [-0.2, 0) is 16.0 Å². The topological polar surface area (TPSA) is 61.2 Å². The van der Waals surface area contributed by atoms with Gasteiger partial charge in [-0.05, 0) is 31.2 Å². The maximum absolute atomic E-state index is 13.3. The molecule has 2 heterocycles. The molecule has 25 heavy (non-hydrogen) atoms. The van der Waals surface area contributed by atoms with Gasteiger partial charge in [-0.2, -0.15) is 0 Å². The van der Waals surface area contributed by atoms with Crippen LogP contribution < -0.4 is 5.56 Å². The number of benzene rings is 1. The molecule has 2 aromatic rings. The molecule has 0 aliphatic carbocycles. The Balaban J connectivity index is 2.13. The van der Waals surface area contributed by atoms with Gasteiger partial charge in [-0.3, -0.25) is 14.2 Å². The summed E-state index contributed by atoms with van der Waals surface area (Å²) in [7, 11) is 1.32. The largest absolute Gasteiger partial charge is 0.468 e. The minimum Gasteiger partial charge on any atom is -0.468 e. The highest BCUT2D eigenvalue weighted by Gasteiger charge is 2.28. The molecule has 1 aromatic heterocycles. The molecule has 0 saturated heterocycles. The summed E-state index contributed by atoms with van der Waals surface area (Å²) < 4.78 is 19.5. The number of methoxy groups -OCH3 is 1. The maximum atomic E-state index is 13.3. The highest BCUT2D eigenvalue weighted by Crippen LogP contribution is 2.35.